The Morgan fingerprint density at radius 3 is 2.27 bits per heavy atom. The van der Waals surface area contributed by atoms with E-state index in [9.17, 15) is 9.90 Å². The van der Waals surface area contributed by atoms with Gasteiger partial charge in [0.1, 0.15) is 17.3 Å². The standard InChI is InChI=1S/C22H24O4/c1-15(2)10-11-17-12-18(22(26-4)14-21(17)25-3)20(24)13-19(23)16-8-6-5-7-9-16/h5-10,12-14,23H,11H2,1-4H3/b19-13-. The molecular formula is C22H24O4. The lowest BCUT2D eigenvalue weighted by Crippen LogP contribution is -2.03. The molecule has 0 bridgehead atoms. The van der Waals surface area contributed by atoms with Crippen LogP contribution in [0, 0.1) is 0 Å². The van der Waals surface area contributed by atoms with E-state index in [0.29, 0.717) is 29.0 Å². The Bertz CT molecular complexity index is 829. The average molecular weight is 352 g/mol. The van der Waals surface area contributed by atoms with Crippen LogP contribution in [0.4, 0.5) is 0 Å². The second-order valence-electron chi connectivity index (χ2n) is 6.11. The maximum atomic E-state index is 12.7. The molecule has 0 amide bonds. The molecule has 0 aliphatic heterocycles. The highest BCUT2D eigenvalue weighted by Crippen LogP contribution is 2.31. The number of carbonyl (C=O) groups excluding carboxylic acids is 1. The second kappa shape index (κ2) is 8.90. The number of allylic oxidation sites excluding steroid dienone is 3. The fraction of sp³-hybridized carbons (Fsp3) is 0.227. The summed E-state index contributed by atoms with van der Waals surface area (Å²) in [4.78, 5) is 12.7. The number of hydrogen-bond donors (Lipinski definition) is 1. The van der Waals surface area contributed by atoms with Gasteiger partial charge in [0, 0.05) is 17.7 Å². The van der Waals surface area contributed by atoms with Gasteiger partial charge in [0.15, 0.2) is 5.78 Å². The van der Waals surface area contributed by atoms with Crippen LogP contribution in [0.25, 0.3) is 5.76 Å². The lowest BCUT2D eigenvalue weighted by Gasteiger charge is -2.13. The van der Waals surface area contributed by atoms with Crippen LogP contribution in [0.2, 0.25) is 0 Å². The Morgan fingerprint density at radius 2 is 1.69 bits per heavy atom. The van der Waals surface area contributed by atoms with Gasteiger partial charge in [-0.15, -0.1) is 0 Å². The predicted molar refractivity (Wildman–Crippen MR) is 104 cm³/mol. The zero-order chi connectivity index (χ0) is 19.1. The number of methoxy groups -OCH3 is 2. The van der Waals surface area contributed by atoms with Gasteiger partial charge in [-0.1, -0.05) is 42.0 Å². The maximum Gasteiger partial charge on any atom is 0.193 e. The molecule has 0 saturated heterocycles. The van der Waals surface area contributed by atoms with Gasteiger partial charge in [-0.05, 0) is 31.9 Å². The lowest BCUT2D eigenvalue weighted by atomic mass is 10.0. The summed E-state index contributed by atoms with van der Waals surface area (Å²) in [5.41, 5.74) is 3.02. The first kappa shape index (κ1) is 19.3. The maximum absolute atomic E-state index is 12.7. The van der Waals surface area contributed by atoms with Crippen molar-refractivity contribution >= 4 is 11.5 Å². The van der Waals surface area contributed by atoms with Gasteiger partial charge in [-0.2, -0.15) is 0 Å². The molecule has 0 unspecified atom stereocenters. The predicted octanol–water partition coefficient (Wildman–Crippen LogP) is 4.99. The van der Waals surface area contributed by atoms with Crippen molar-refractivity contribution in [1.82, 2.24) is 0 Å². The van der Waals surface area contributed by atoms with Crippen molar-refractivity contribution in [2.24, 2.45) is 0 Å². The quantitative estimate of drug-likeness (QED) is 0.330. The topological polar surface area (TPSA) is 55.8 Å². The van der Waals surface area contributed by atoms with Crippen molar-refractivity contribution in [3.63, 3.8) is 0 Å². The molecule has 2 aromatic carbocycles. The van der Waals surface area contributed by atoms with Crippen molar-refractivity contribution < 1.29 is 19.4 Å². The van der Waals surface area contributed by atoms with Crippen LogP contribution in [-0.4, -0.2) is 25.1 Å². The minimum atomic E-state index is -0.329. The molecule has 0 saturated carbocycles. The van der Waals surface area contributed by atoms with Crippen molar-refractivity contribution in [3.8, 4) is 11.5 Å². The van der Waals surface area contributed by atoms with Crippen LogP contribution in [0.3, 0.4) is 0 Å². The third kappa shape index (κ3) is 4.76. The Kier molecular flexibility index (Phi) is 6.61. The Hall–Kier alpha value is -3.01. The van der Waals surface area contributed by atoms with E-state index in [1.165, 1.54) is 18.8 Å². The molecule has 0 spiro atoms. The normalized spacial score (nSPS) is 11.0. The van der Waals surface area contributed by atoms with Crippen LogP contribution < -0.4 is 9.47 Å². The third-order valence-electron chi connectivity index (χ3n) is 3.94. The van der Waals surface area contributed by atoms with E-state index >= 15 is 0 Å². The molecule has 136 valence electrons. The summed E-state index contributed by atoms with van der Waals surface area (Å²) in [6.45, 7) is 4.03. The monoisotopic (exact) mass is 352 g/mol. The van der Waals surface area contributed by atoms with Gasteiger partial charge >= 0.3 is 0 Å². The van der Waals surface area contributed by atoms with Crippen LogP contribution in [-0.2, 0) is 6.42 Å². The van der Waals surface area contributed by atoms with Crippen LogP contribution >= 0.6 is 0 Å². The molecule has 26 heavy (non-hydrogen) atoms. The average Bonchev–Trinajstić information content (AvgIpc) is 2.66. The number of hydrogen-bond acceptors (Lipinski definition) is 4. The van der Waals surface area contributed by atoms with Gasteiger partial charge in [0.25, 0.3) is 0 Å². The molecule has 0 aliphatic carbocycles. The highest BCUT2D eigenvalue weighted by atomic mass is 16.5. The lowest BCUT2D eigenvalue weighted by molar-refractivity contribution is 0.104. The molecule has 0 aromatic heterocycles. The summed E-state index contributed by atoms with van der Waals surface area (Å²) in [7, 11) is 3.09. The molecule has 0 atom stereocenters. The molecule has 2 rings (SSSR count). The number of rotatable bonds is 7. The molecule has 0 radical (unpaired) electrons. The molecule has 4 heteroatoms. The van der Waals surface area contributed by atoms with E-state index in [1.807, 2.05) is 19.9 Å². The molecule has 1 N–H and O–H groups in total. The van der Waals surface area contributed by atoms with Gasteiger partial charge in [0.2, 0.25) is 0 Å². The van der Waals surface area contributed by atoms with E-state index in [1.54, 1.807) is 43.5 Å². The molecule has 0 fully saturated rings. The molecular weight excluding hydrogens is 328 g/mol. The number of ketones is 1. The van der Waals surface area contributed by atoms with Crippen molar-refractivity contribution in [3.05, 3.63) is 76.9 Å². The third-order valence-corrected chi connectivity index (χ3v) is 3.94. The first-order chi connectivity index (χ1) is 12.5. The fourth-order valence-corrected chi connectivity index (χ4v) is 2.53. The zero-order valence-electron chi connectivity index (χ0n) is 15.6. The number of aliphatic hydroxyl groups excluding tert-OH is 1. The van der Waals surface area contributed by atoms with E-state index in [4.69, 9.17) is 9.47 Å². The first-order valence-corrected chi connectivity index (χ1v) is 8.35. The van der Waals surface area contributed by atoms with Gasteiger partial charge in [-0.25, -0.2) is 0 Å². The molecule has 2 aromatic rings. The highest BCUT2D eigenvalue weighted by molar-refractivity contribution is 6.09. The number of ether oxygens (including phenoxy) is 2. The smallest absolute Gasteiger partial charge is 0.193 e. The number of carbonyl (C=O) groups is 1. The van der Waals surface area contributed by atoms with Gasteiger partial charge in [0.05, 0.1) is 19.8 Å². The van der Waals surface area contributed by atoms with Gasteiger partial charge in [-0.3, -0.25) is 4.79 Å². The van der Waals surface area contributed by atoms with Crippen LogP contribution in [0.1, 0.15) is 35.3 Å². The van der Waals surface area contributed by atoms with E-state index in [-0.39, 0.29) is 11.5 Å². The summed E-state index contributed by atoms with van der Waals surface area (Å²) in [6.07, 6.45) is 3.92. The fourth-order valence-electron chi connectivity index (χ4n) is 2.53. The highest BCUT2D eigenvalue weighted by Gasteiger charge is 2.16. The minimum absolute atomic E-state index is 0.0840. The van der Waals surface area contributed by atoms with Crippen LogP contribution in [0.5, 0.6) is 11.5 Å². The van der Waals surface area contributed by atoms with Crippen molar-refractivity contribution in [1.29, 1.82) is 0 Å². The Morgan fingerprint density at radius 1 is 1.04 bits per heavy atom. The minimum Gasteiger partial charge on any atom is -0.507 e. The summed E-state index contributed by atoms with van der Waals surface area (Å²) in [5, 5.41) is 10.2. The van der Waals surface area contributed by atoms with Crippen molar-refractivity contribution in [2.75, 3.05) is 14.2 Å². The Balaban J connectivity index is 2.44. The number of aliphatic hydroxyl groups is 1. The van der Waals surface area contributed by atoms with E-state index < -0.39 is 0 Å². The van der Waals surface area contributed by atoms with Gasteiger partial charge < -0.3 is 14.6 Å². The number of benzene rings is 2. The summed E-state index contributed by atoms with van der Waals surface area (Å²) >= 11 is 0. The van der Waals surface area contributed by atoms with E-state index in [2.05, 4.69) is 6.08 Å². The first-order valence-electron chi connectivity index (χ1n) is 8.35. The zero-order valence-corrected chi connectivity index (χ0v) is 15.6. The second-order valence-corrected chi connectivity index (χ2v) is 6.11. The summed E-state index contributed by atoms with van der Waals surface area (Å²) in [5.74, 6) is 0.653. The Labute approximate surface area is 154 Å². The van der Waals surface area contributed by atoms with Crippen molar-refractivity contribution in [2.45, 2.75) is 20.3 Å². The van der Waals surface area contributed by atoms with Crippen LogP contribution in [0.15, 0.2) is 60.2 Å². The largest absolute Gasteiger partial charge is 0.507 e. The summed E-state index contributed by atoms with van der Waals surface area (Å²) in [6, 6.07) is 12.4. The van der Waals surface area contributed by atoms with E-state index in [0.717, 1.165) is 5.56 Å². The molecule has 0 heterocycles. The SMILES string of the molecule is COc1cc(OC)c(C(=O)/C=C(\O)c2ccccc2)cc1CC=C(C)C. The summed E-state index contributed by atoms with van der Waals surface area (Å²) < 4.78 is 10.8. The molecule has 0 aliphatic rings. The molecule has 4 nitrogen and oxygen atoms in total.